The second-order valence-electron chi connectivity index (χ2n) is 2.36. The van der Waals surface area contributed by atoms with Crippen LogP contribution in [0.25, 0.3) is 0 Å². The van der Waals surface area contributed by atoms with Gasteiger partial charge >= 0.3 is 5.97 Å². The molecule has 12 heavy (non-hydrogen) atoms. The molecule has 1 fully saturated rings. The molecule has 5 nitrogen and oxygen atoms in total. The van der Waals surface area contributed by atoms with Crippen LogP contribution in [-0.2, 0) is 19.2 Å². The van der Waals surface area contributed by atoms with Crippen LogP contribution < -0.4 is 5.90 Å². The smallest absolute Gasteiger partial charge is 0.321 e. The second kappa shape index (κ2) is 5.42. The van der Waals surface area contributed by atoms with Crippen molar-refractivity contribution in [1.29, 1.82) is 0 Å². The predicted octanol–water partition coefficient (Wildman–Crippen LogP) is -0.268. The van der Waals surface area contributed by atoms with Crippen molar-refractivity contribution < 1.29 is 19.2 Å². The number of Topliss-reactive ketones (excluding diaryl/α,β-unsaturated/α-hetero) is 2. The molecule has 5 heteroatoms. The Morgan fingerprint density at radius 2 is 1.67 bits per heavy atom. The highest BCUT2D eigenvalue weighted by Crippen LogP contribution is 2.07. The molecular formula is C7H11NO4. The summed E-state index contributed by atoms with van der Waals surface area (Å²) in [6, 6.07) is 0. The minimum Gasteiger partial charge on any atom is -0.374 e. The standard InChI is InChI=1S/C5H6O2.C2H5NO2/c6-4-1-2-5(7)3-4;1-2(4)5-3/h1-3H2;3H2,1H3. The summed E-state index contributed by atoms with van der Waals surface area (Å²) in [5, 5.41) is 0. The Morgan fingerprint density at radius 3 is 1.75 bits per heavy atom. The number of carbonyl (C=O) groups excluding carboxylic acids is 3. The molecule has 0 aromatic carbocycles. The van der Waals surface area contributed by atoms with Crippen LogP contribution in [0.5, 0.6) is 0 Å². The normalized spacial score (nSPS) is 15.2. The highest BCUT2D eigenvalue weighted by atomic mass is 16.7. The molecule has 1 saturated carbocycles. The maximum atomic E-state index is 10.2. The molecule has 0 aromatic heterocycles. The zero-order valence-corrected chi connectivity index (χ0v) is 6.83. The lowest BCUT2D eigenvalue weighted by Crippen LogP contribution is -2.03. The van der Waals surface area contributed by atoms with E-state index in [1.165, 1.54) is 6.92 Å². The van der Waals surface area contributed by atoms with Crippen LogP contribution in [0.1, 0.15) is 26.2 Å². The maximum Gasteiger partial charge on any atom is 0.321 e. The van der Waals surface area contributed by atoms with E-state index in [1.807, 2.05) is 0 Å². The van der Waals surface area contributed by atoms with Gasteiger partial charge in [-0.1, -0.05) is 0 Å². The molecule has 0 spiro atoms. The van der Waals surface area contributed by atoms with Crippen LogP contribution in [0.3, 0.4) is 0 Å². The third-order valence-electron chi connectivity index (χ3n) is 1.24. The Balaban J connectivity index is 0.000000217. The lowest BCUT2D eigenvalue weighted by atomic mass is 10.3. The summed E-state index contributed by atoms with van der Waals surface area (Å²) < 4.78 is 0. The van der Waals surface area contributed by atoms with Gasteiger partial charge in [-0.05, 0) is 0 Å². The third-order valence-corrected chi connectivity index (χ3v) is 1.24. The second-order valence-corrected chi connectivity index (χ2v) is 2.36. The summed E-state index contributed by atoms with van der Waals surface area (Å²) in [6.07, 6.45) is 1.16. The Labute approximate surface area is 69.8 Å². The number of hydrogen-bond donors (Lipinski definition) is 1. The van der Waals surface area contributed by atoms with E-state index in [4.69, 9.17) is 0 Å². The molecule has 68 valence electrons. The molecule has 1 aliphatic rings. The van der Waals surface area contributed by atoms with Gasteiger partial charge in [0.05, 0.1) is 6.42 Å². The fourth-order valence-electron chi connectivity index (χ4n) is 0.676. The largest absolute Gasteiger partial charge is 0.374 e. The highest BCUT2D eigenvalue weighted by molar-refractivity contribution is 6.05. The fourth-order valence-corrected chi connectivity index (χ4v) is 0.676. The van der Waals surface area contributed by atoms with Gasteiger partial charge in [-0.25, -0.2) is 0 Å². The molecule has 1 rings (SSSR count). The van der Waals surface area contributed by atoms with Gasteiger partial charge < -0.3 is 4.84 Å². The number of carbonyl (C=O) groups is 3. The van der Waals surface area contributed by atoms with E-state index in [0.29, 0.717) is 12.8 Å². The van der Waals surface area contributed by atoms with Crippen molar-refractivity contribution in [2.75, 3.05) is 0 Å². The van der Waals surface area contributed by atoms with Crippen LogP contribution >= 0.6 is 0 Å². The van der Waals surface area contributed by atoms with E-state index in [0.717, 1.165) is 0 Å². The van der Waals surface area contributed by atoms with Crippen LogP contribution in [-0.4, -0.2) is 17.5 Å². The van der Waals surface area contributed by atoms with Gasteiger partial charge in [0.1, 0.15) is 11.6 Å². The topological polar surface area (TPSA) is 86.5 Å². The van der Waals surface area contributed by atoms with Gasteiger partial charge in [0.25, 0.3) is 0 Å². The molecule has 2 N–H and O–H groups in total. The average molecular weight is 173 g/mol. The van der Waals surface area contributed by atoms with Crippen LogP contribution in [0.4, 0.5) is 0 Å². The van der Waals surface area contributed by atoms with E-state index < -0.39 is 5.97 Å². The molecule has 0 unspecified atom stereocenters. The molecule has 0 heterocycles. The zero-order chi connectivity index (χ0) is 9.56. The quantitative estimate of drug-likeness (QED) is 0.402. The van der Waals surface area contributed by atoms with Crippen molar-refractivity contribution in [2.45, 2.75) is 26.2 Å². The van der Waals surface area contributed by atoms with Crippen LogP contribution in [0.15, 0.2) is 0 Å². The van der Waals surface area contributed by atoms with E-state index in [1.54, 1.807) is 0 Å². The summed E-state index contributed by atoms with van der Waals surface area (Å²) in [5.74, 6) is 4.06. The summed E-state index contributed by atoms with van der Waals surface area (Å²) in [6.45, 7) is 1.24. The third kappa shape index (κ3) is 5.55. The van der Waals surface area contributed by atoms with Crippen LogP contribution in [0, 0.1) is 0 Å². The molecule has 0 aliphatic heterocycles. The molecule has 1 aliphatic carbocycles. The van der Waals surface area contributed by atoms with E-state index in [2.05, 4.69) is 10.7 Å². The Kier molecular flexibility index (Phi) is 4.87. The van der Waals surface area contributed by atoms with Crippen molar-refractivity contribution in [3.05, 3.63) is 0 Å². The SMILES string of the molecule is CC(=O)ON.O=C1CCC(=O)C1. The van der Waals surface area contributed by atoms with Crippen molar-refractivity contribution in [1.82, 2.24) is 0 Å². The highest BCUT2D eigenvalue weighted by Gasteiger charge is 2.17. The monoisotopic (exact) mass is 173 g/mol. The number of hydrogen-bond acceptors (Lipinski definition) is 5. The van der Waals surface area contributed by atoms with Crippen LogP contribution in [0.2, 0.25) is 0 Å². The Bertz CT molecular complexity index is 186. The molecular weight excluding hydrogens is 162 g/mol. The Hall–Kier alpha value is -1.23. The zero-order valence-electron chi connectivity index (χ0n) is 6.83. The predicted molar refractivity (Wildman–Crippen MR) is 39.8 cm³/mol. The van der Waals surface area contributed by atoms with Gasteiger partial charge in [0, 0.05) is 19.8 Å². The minimum absolute atomic E-state index is 0.102. The van der Waals surface area contributed by atoms with Crippen molar-refractivity contribution in [3.63, 3.8) is 0 Å². The average Bonchev–Trinajstić information content (AvgIpc) is 2.36. The van der Waals surface area contributed by atoms with Crippen molar-refractivity contribution in [2.24, 2.45) is 5.90 Å². The van der Waals surface area contributed by atoms with Crippen molar-refractivity contribution in [3.8, 4) is 0 Å². The summed E-state index contributed by atoms with van der Waals surface area (Å²) in [5.41, 5.74) is 0. The first-order valence-corrected chi connectivity index (χ1v) is 3.47. The molecule has 0 bridgehead atoms. The first kappa shape index (κ1) is 10.8. The maximum absolute atomic E-state index is 10.2. The first-order valence-electron chi connectivity index (χ1n) is 3.47. The van der Waals surface area contributed by atoms with Gasteiger partial charge in [0.2, 0.25) is 0 Å². The summed E-state index contributed by atoms with van der Waals surface area (Å²) in [4.78, 5) is 33.5. The number of rotatable bonds is 0. The first-order chi connectivity index (χ1) is 5.56. The van der Waals surface area contributed by atoms with Crippen molar-refractivity contribution >= 4 is 17.5 Å². The molecule has 0 amide bonds. The van der Waals surface area contributed by atoms with E-state index in [-0.39, 0.29) is 18.0 Å². The lowest BCUT2D eigenvalue weighted by molar-refractivity contribution is -0.141. The number of nitrogens with two attached hydrogens (primary N) is 1. The van der Waals surface area contributed by atoms with Gasteiger partial charge in [-0.15, -0.1) is 0 Å². The molecule has 0 saturated heterocycles. The molecule has 0 aromatic rings. The van der Waals surface area contributed by atoms with Gasteiger partial charge in [-0.2, -0.15) is 5.90 Å². The fraction of sp³-hybridized carbons (Fsp3) is 0.571. The summed E-state index contributed by atoms with van der Waals surface area (Å²) >= 11 is 0. The molecule has 0 atom stereocenters. The summed E-state index contributed by atoms with van der Waals surface area (Å²) in [7, 11) is 0. The number of ketones is 2. The Morgan fingerprint density at radius 1 is 1.33 bits per heavy atom. The van der Waals surface area contributed by atoms with E-state index in [9.17, 15) is 14.4 Å². The lowest BCUT2D eigenvalue weighted by Gasteiger charge is -1.79. The van der Waals surface area contributed by atoms with E-state index >= 15 is 0 Å². The minimum atomic E-state index is -0.468. The van der Waals surface area contributed by atoms with Gasteiger partial charge in [0.15, 0.2) is 0 Å². The molecule has 0 radical (unpaired) electrons. The van der Waals surface area contributed by atoms with Gasteiger partial charge in [-0.3, -0.25) is 14.4 Å².